The first-order valence-electron chi connectivity index (χ1n) is 6.63. The van der Waals surface area contributed by atoms with Crippen molar-refractivity contribution in [2.24, 2.45) is 11.5 Å². The number of rotatable bonds is 5. The minimum absolute atomic E-state index is 0.0742. The second-order valence-electron chi connectivity index (χ2n) is 4.87. The van der Waals surface area contributed by atoms with Crippen LogP contribution in [0, 0.1) is 0 Å². The van der Waals surface area contributed by atoms with Crippen LogP contribution in [0.2, 0.25) is 0 Å². The second-order valence-corrected chi connectivity index (χ2v) is 4.87. The van der Waals surface area contributed by atoms with Crippen molar-refractivity contribution in [3.8, 4) is 11.5 Å². The molecule has 20 heavy (non-hydrogen) atoms. The lowest BCUT2D eigenvalue weighted by atomic mass is 9.81. The van der Waals surface area contributed by atoms with Crippen LogP contribution in [0.1, 0.15) is 23.0 Å². The summed E-state index contributed by atoms with van der Waals surface area (Å²) in [6.07, 6.45) is 0. The average Bonchev–Trinajstić information content (AvgIpc) is 2.47. The summed E-state index contributed by atoms with van der Waals surface area (Å²) in [5, 5.41) is 18.7. The Bertz CT molecular complexity index is 486. The van der Waals surface area contributed by atoms with E-state index in [1.807, 2.05) is 24.3 Å². The van der Waals surface area contributed by atoms with Crippen LogP contribution < -0.4 is 11.5 Å². The Morgan fingerprint density at radius 1 is 0.650 bits per heavy atom. The molecule has 106 valence electrons. The lowest BCUT2D eigenvalue weighted by molar-refractivity contribution is 0.472. The second kappa shape index (κ2) is 6.41. The zero-order valence-corrected chi connectivity index (χ0v) is 11.2. The first-order chi connectivity index (χ1) is 9.65. The van der Waals surface area contributed by atoms with Gasteiger partial charge in [-0.2, -0.15) is 0 Å². The van der Waals surface area contributed by atoms with Crippen LogP contribution in [0.3, 0.4) is 0 Å². The molecule has 0 aliphatic rings. The summed E-state index contributed by atoms with van der Waals surface area (Å²) in [5.41, 5.74) is 13.9. The van der Waals surface area contributed by atoms with Crippen molar-refractivity contribution in [2.75, 3.05) is 13.1 Å². The molecule has 4 nitrogen and oxygen atoms in total. The molecule has 0 bridgehead atoms. The van der Waals surface area contributed by atoms with Crippen molar-refractivity contribution in [3.63, 3.8) is 0 Å². The molecule has 2 aromatic rings. The van der Waals surface area contributed by atoms with Crippen molar-refractivity contribution >= 4 is 0 Å². The van der Waals surface area contributed by atoms with Gasteiger partial charge >= 0.3 is 0 Å². The van der Waals surface area contributed by atoms with Crippen molar-refractivity contribution in [1.29, 1.82) is 0 Å². The number of hydrogen-bond acceptors (Lipinski definition) is 4. The van der Waals surface area contributed by atoms with Gasteiger partial charge in [-0.25, -0.2) is 0 Å². The Hall–Kier alpha value is -2.04. The fraction of sp³-hybridized carbons (Fsp3) is 0.250. The highest BCUT2D eigenvalue weighted by Crippen LogP contribution is 2.33. The third kappa shape index (κ3) is 3.10. The van der Waals surface area contributed by atoms with Gasteiger partial charge in [0.2, 0.25) is 0 Å². The Labute approximate surface area is 118 Å². The summed E-state index contributed by atoms with van der Waals surface area (Å²) in [5.74, 6) is 0.618. The molecule has 0 radical (unpaired) electrons. The van der Waals surface area contributed by atoms with E-state index in [0.717, 1.165) is 11.1 Å². The van der Waals surface area contributed by atoms with E-state index in [-0.39, 0.29) is 23.3 Å². The first kappa shape index (κ1) is 14.4. The molecule has 0 amide bonds. The molecule has 0 saturated carbocycles. The molecule has 2 aromatic carbocycles. The minimum atomic E-state index is 0.0742. The Kier molecular flexibility index (Phi) is 4.61. The van der Waals surface area contributed by atoms with Gasteiger partial charge in [0, 0.05) is 11.8 Å². The van der Waals surface area contributed by atoms with E-state index in [2.05, 4.69) is 0 Å². The number of nitrogens with two attached hydrogens (primary N) is 2. The summed E-state index contributed by atoms with van der Waals surface area (Å²) in [6.45, 7) is 0.932. The third-order valence-corrected chi connectivity index (χ3v) is 3.64. The Balaban J connectivity index is 2.32. The molecular formula is C16H20N2O2. The van der Waals surface area contributed by atoms with E-state index in [1.165, 1.54) is 0 Å². The predicted octanol–water partition coefficient (Wildman–Crippen LogP) is 1.88. The number of aromatic hydroxyl groups is 2. The molecule has 0 aromatic heterocycles. The largest absolute Gasteiger partial charge is 0.508 e. The van der Waals surface area contributed by atoms with Gasteiger partial charge in [-0.15, -0.1) is 0 Å². The molecule has 0 aliphatic carbocycles. The Morgan fingerprint density at radius 2 is 0.950 bits per heavy atom. The molecule has 0 saturated heterocycles. The highest BCUT2D eigenvalue weighted by Gasteiger charge is 2.22. The lowest BCUT2D eigenvalue weighted by Crippen LogP contribution is -2.26. The van der Waals surface area contributed by atoms with Crippen LogP contribution in [0.5, 0.6) is 11.5 Å². The summed E-state index contributed by atoms with van der Waals surface area (Å²) < 4.78 is 0. The summed E-state index contributed by atoms with van der Waals surface area (Å²) in [4.78, 5) is 0. The van der Waals surface area contributed by atoms with E-state index >= 15 is 0 Å². The fourth-order valence-corrected chi connectivity index (χ4v) is 2.51. The van der Waals surface area contributed by atoms with Crippen LogP contribution in [0.25, 0.3) is 0 Å². The zero-order valence-electron chi connectivity index (χ0n) is 11.2. The summed E-state index contributed by atoms with van der Waals surface area (Å²) in [6, 6.07) is 14.1. The number of hydrogen-bond donors (Lipinski definition) is 4. The number of phenols is 2. The van der Waals surface area contributed by atoms with Gasteiger partial charge in [0.05, 0.1) is 0 Å². The average molecular weight is 272 g/mol. The van der Waals surface area contributed by atoms with E-state index in [9.17, 15) is 10.2 Å². The predicted molar refractivity (Wildman–Crippen MR) is 79.8 cm³/mol. The van der Waals surface area contributed by atoms with Crippen LogP contribution in [-0.2, 0) is 0 Å². The topological polar surface area (TPSA) is 92.5 Å². The minimum Gasteiger partial charge on any atom is -0.508 e. The third-order valence-electron chi connectivity index (χ3n) is 3.64. The molecule has 6 N–H and O–H groups in total. The maximum Gasteiger partial charge on any atom is 0.115 e. The smallest absolute Gasteiger partial charge is 0.115 e. The normalized spacial score (nSPS) is 13.9. The van der Waals surface area contributed by atoms with E-state index in [1.54, 1.807) is 24.3 Å². The van der Waals surface area contributed by atoms with E-state index < -0.39 is 0 Å². The molecule has 0 aliphatic heterocycles. The molecule has 4 heteroatoms. The van der Waals surface area contributed by atoms with Crippen molar-refractivity contribution in [1.82, 2.24) is 0 Å². The van der Waals surface area contributed by atoms with Gasteiger partial charge in [0.1, 0.15) is 11.5 Å². The molecule has 2 rings (SSSR count). The highest BCUT2D eigenvalue weighted by molar-refractivity contribution is 5.35. The molecule has 2 unspecified atom stereocenters. The lowest BCUT2D eigenvalue weighted by Gasteiger charge is -2.26. The van der Waals surface area contributed by atoms with Gasteiger partial charge in [0.15, 0.2) is 0 Å². The van der Waals surface area contributed by atoms with Crippen LogP contribution in [0.15, 0.2) is 48.5 Å². The van der Waals surface area contributed by atoms with Gasteiger partial charge < -0.3 is 21.7 Å². The van der Waals surface area contributed by atoms with Gasteiger partial charge in [-0.3, -0.25) is 0 Å². The van der Waals surface area contributed by atoms with Crippen molar-refractivity contribution < 1.29 is 10.2 Å². The molecule has 0 heterocycles. The number of phenolic OH excluding ortho intramolecular Hbond substituents is 2. The Morgan fingerprint density at radius 3 is 1.20 bits per heavy atom. The van der Waals surface area contributed by atoms with Crippen molar-refractivity contribution in [2.45, 2.75) is 11.8 Å². The van der Waals surface area contributed by atoms with Gasteiger partial charge in [-0.05, 0) is 48.5 Å². The quantitative estimate of drug-likeness (QED) is 0.668. The number of benzene rings is 2. The van der Waals surface area contributed by atoms with Crippen LogP contribution in [0.4, 0.5) is 0 Å². The monoisotopic (exact) mass is 272 g/mol. The van der Waals surface area contributed by atoms with Crippen LogP contribution >= 0.6 is 0 Å². The standard InChI is InChI=1S/C16H20N2O2/c17-9-15(11-1-5-13(19)6-2-11)16(10-18)12-3-7-14(20)8-4-12/h1-8,15-16,19-20H,9-10,17-18H2. The maximum atomic E-state index is 9.37. The van der Waals surface area contributed by atoms with E-state index in [0.29, 0.717) is 13.1 Å². The fourth-order valence-electron chi connectivity index (χ4n) is 2.51. The zero-order chi connectivity index (χ0) is 14.5. The van der Waals surface area contributed by atoms with Gasteiger partial charge in [0.25, 0.3) is 0 Å². The maximum absolute atomic E-state index is 9.37. The molecule has 0 spiro atoms. The first-order valence-corrected chi connectivity index (χ1v) is 6.63. The summed E-state index contributed by atoms with van der Waals surface area (Å²) in [7, 11) is 0. The van der Waals surface area contributed by atoms with Gasteiger partial charge in [-0.1, -0.05) is 24.3 Å². The molecular weight excluding hydrogens is 252 g/mol. The van der Waals surface area contributed by atoms with Crippen LogP contribution in [-0.4, -0.2) is 23.3 Å². The summed E-state index contributed by atoms with van der Waals surface area (Å²) >= 11 is 0. The highest BCUT2D eigenvalue weighted by atomic mass is 16.3. The molecule has 2 atom stereocenters. The molecule has 0 fully saturated rings. The SMILES string of the molecule is NCC(c1ccc(O)cc1)C(CN)c1ccc(O)cc1. The van der Waals surface area contributed by atoms with E-state index in [4.69, 9.17) is 11.5 Å². The van der Waals surface area contributed by atoms with Crippen molar-refractivity contribution in [3.05, 3.63) is 59.7 Å².